The molecule has 3 nitrogen and oxygen atoms in total. The summed E-state index contributed by atoms with van der Waals surface area (Å²) in [6, 6.07) is 10.8. The number of aliphatic hydroxyl groups is 1. The molecule has 0 unspecified atom stereocenters. The highest BCUT2D eigenvalue weighted by atomic mass is 35.5. The summed E-state index contributed by atoms with van der Waals surface area (Å²) in [5.41, 5.74) is 0.986. The zero-order valence-corrected chi connectivity index (χ0v) is 12.1. The molecular formula is C15H12ClNO2S. The molecular weight excluding hydrogens is 294 g/mol. The van der Waals surface area contributed by atoms with E-state index in [-0.39, 0.29) is 12.5 Å². The second kappa shape index (κ2) is 7.11. The Kier molecular flexibility index (Phi) is 5.19. The molecule has 1 aromatic carbocycles. The van der Waals surface area contributed by atoms with Crippen LogP contribution in [-0.2, 0) is 6.54 Å². The molecule has 1 amide bonds. The molecule has 2 rings (SSSR count). The number of hydrogen-bond acceptors (Lipinski definition) is 3. The van der Waals surface area contributed by atoms with E-state index in [9.17, 15) is 4.79 Å². The van der Waals surface area contributed by atoms with Crippen molar-refractivity contribution in [1.29, 1.82) is 0 Å². The molecule has 0 bridgehead atoms. The number of benzene rings is 1. The Morgan fingerprint density at radius 1 is 1.25 bits per heavy atom. The van der Waals surface area contributed by atoms with Crippen LogP contribution in [0.2, 0.25) is 5.02 Å². The summed E-state index contributed by atoms with van der Waals surface area (Å²) in [6.45, 7) is 0.265. The molecule has 1 heterocycles. The minimum Gasteiger partial charge on any atom is -0.384 e. The zero-order valence-electron chi connectivity index (χ0n) is 10.5. The minimum atomic E-state index is -0.185. The second-order valence-electron chi connectivity index (χ2n) is 3.93. The number of thiophene rings is 1. The molecule has 5 heteroatoms. The van der Waals surface area contributed by atoms with Gasteiger partial charge in [-0.25, -0.2) is 0 Å². The Bertz CT molecular complexity index is 653. The maximum Gasteiger partial charge on any atom is 0.261 e. The van der Waals surface area contributed by atoms with Crippen molar-refractivity contribution < 1.29 is 9.90 Å². The lowest BCUT2D eigenvalue weighted by molar-refractivity contribution is 0.0955. The van der Waals surface area contributed by atoms with Gasteiger partial charge in [0, 0.05) is 11.6 Å². The molecule has 2 aromatic rings. The van der Waals surface area contributed by atoms with Crippen LogP contribution in [-0.4, -0.2) is 17.6 Å². The number of carbonyl (C=O) groups is 1. The Morgan fingerprint density at radius 2 is 2.00 bits per heavy atom. The van der Waals surface area contributed by atoms with Crippen LogP contribution in [0.3, 0.4) is 0 Å². The number of hydrogen-bond donors (Lipinski definition) is 2. The Balaban J connectivity index is 1.94. The van der Waals surface area contributed by atoms with Crippen molar-refractivity contribution in [3.63, 3.8) is 0 Å². The largest absolute Gasteiger partial charge is 0.384 e. The van der Waals surface area contributed by atoms with Crippen LogP contribution in [0.25, 0.3) is 0 Å². The van der Waals surface area contributed by atoms with Crippen molar-refractivity contribution in [3.05, 3.63) is 56.7 Å². The third-order valence-electron chi connectivity index (χ3n) is 2.49. The van der Waals surface area contributed by atoms with Gasteiger partial charge in [0.05, 0.1) is 9.75 Å². The van der Waals surface area contributed by atoms with E-state index < -0.39 is 0 Å². The van der Waals surface area contributed by atoms with Crippen LogP contribution in [0.4, 0.5) is 0 Å². The highest BCUT2D eigenvalue weighted by molar-refractivity contribution is 7.14. The van der Waals surface area contributed by atoms with Crippen LogP contribution in [0.5, 0.6) is 0 Å². The monoisotopic (exact) mass is 305 g/mol. The summed E-state index contributed by atoms with van der Waals surface area (Å²) in [5.74, 6) is 5.19. The van der Waals surface area contributed by atoms with E-state index in [1.165, 1.54) is 11.3 Å². The van der Waals surface area contributed by atoms with Crippen LogP contribution in [0.1, 0.15) is 20.1 Å². The first-order valence-electron chi connectivity index (χ1n) is 5.91. The van der Waals surface area contributed by atoms with Crippen LogP contribution < -0.4 is 5.32 Å². The molecule has 20 heavy (non-hydrogen) atoms. The molecule has 2 N–H and O–H groups in total. The Morgan fingerprint density at radius 3 is 2.70 bits per heavy atom. The molecule has 0 fully saturated rings. The highest BCUT2D eigenvalue weighted by Crippen LogP contribution is 2.15. The van der Waals surface area contributed by atoms with Gasteiger partial charge in [-0.3, -0.25) is 4.79 Å². The van der Waals surface area contributed by atoms with Crippen LogP contribution in [0.15, 0.2) is 36.4 Å². The van der Waals surface area contributed by atoms with E-state index in [1.54, 1.807) is 24.3 Å². The Labute approximate surface area is 126 Å². The van der Waals surface area contributed by atoms with E-state index in [0.29, 0.717) is 16.4 Å². The van der Waals surface area contributed by atoms with Crippen molar-refractivity contribution in [2.75, 3.05) is 6.61 Å². The fourth-order valence-corrected chi connectivity index (χ4v) is 2.45. The summed E-state index contributed by atoms with van der Waals surface area (Å²) in [7, 11) is 0. The van der Waals surface area contributed by atoms with Gasteiger partial charge < -0.3 is 10.4 Å². The van der Waals surface area contributed by atoms with E-state index in [2.05, 4.69) is 17.2 Å². The van der Waals surface area contributed by atoms with Gasteiger partial charge >= 0.3 is 0 Å². The lowest BCUT2D eigenvalue weighted by atomic mass is 10.2. The standard InChI is InChI=1S/C15H12ClNO2S/c16-12-5-3-11(4-6-12)10-17-15(19)14-8-7-13(20-14)2-1-9-18/h3-8,18H,9-10H2,(H,17,19). The Hall–Kier alpha value is -1.80. The summed E-state index contributed by atoms with van der Waals surface area (Å²) in [4.78, 5) is 13.3. The fourth-order valence-electron chi connectivity index (χ4n) is 1.53. The SMILES string of the molecule is O=C(NCc1ccc(Cl)cc1)c1ccc(C#CCO)s1. The maximum atomic E-state index is 11.9. The van der Waals surface area contributed by atoms with Crippen molar-refractivity contribution in [2.24, 2.45) is 0 Å². The molecule has 0 saturated carbocycles. The first-order chi connectivity index (χ1) is 9.69. The van der Waals surface area contributed by atoms with Gasteiger partial charge in [0.1, 0.15) is 6.61 Å². The highest BCUT2D eigenvalue weighted by Gasteiger charge is 2.08. The molecule has 0 aliphatic rings. The molecule has 0 spiro atoms. The van der Waals surface area contributed by atoms with E-state index in [0.717, 1.165) is 10.4 Å². The molecule has 102 valence electrons. The maximum absolute atomic E-state index is 11.9. The van der Waals surface area contributed by atoms with Crippen molar-refractivity contribution in [3.8, 4) is 11.8 Å². The molecule has 1 aromatic heterocycles. The van der Waals surface area contributed by atoms with Gasteiger partial charge in [-0.15, -0.1) is 11.3 Å². The number of amides is 1. The predicted octanol–water partition coefficient (Wildman–Crippen LogP) is 2.68. The molecule has 0 radical (unpaired) electrons. The summed E-state index contributed by atoms with van der Waals surface area (Å²) >= 11 is 7.10. The number of halogens is 1. The normalized spacial score (nSPS) is 9.70. The van der Waals surface area contributed by atoms with Crippen molar-refractivity contribution in [2.45, 2.75) is 6.54 Å². The third kappa shape index (κ3) is 4.10. The van der Waals surface area contributed by atoms with E-state index in [1.807, 2.05) is 12.1 Å². The van der Waals surface area contributed by atoms with Gasteiger partial charge in [-0.05, 0) is 29.8 Å². The molecule has 0 atom stereocenters. The lowest BCUT2D eigenvalue weighted by Crippen LogP contribution is -2.21. The molecule has 0 saturated heterocycles. The number of carbonyl (C=O) groups excluding carboxylic acids is 1. The van der Waals surface area contributed by atoms with Gasteiger partial charge in [0.15, 0.2) is 0 Å². The van der Waals surface area contributed by atoms with Crippen LogP contribution in [0, 0.1) is 11.8 Å². The quantitative estimate of drug-likeness (QED) is 0.857. The average Bonchev–Trinajstić information content (AvgIpc) is 2.93. The number of aliphatic hydroxyl groups excluding tert-OH is 1. The average molecular weight is 306 g/mol. The smallest absolute Gasteiger partial charge is 0.261 e. The van der Waals surface area contributed by atoms with Crippen LogP contribution >= 0.6 is 22.9 Å². The van der Waals surface area contributed by atoms with Gasteiger partial charge in [0.2, 0.25) is 0 Å². The minimum absolute atomic E-state index is 0.137. The van der Waals surface area contributed by atoms with Crippen molar-refractivity contribution >= 4 is 28.8 Å². The third-order valence-corrected chi connectivity index (χ3v) is 3.74. The first-order valence-corrected chi connectivity index (χ1v) is 7.10. The van der Waals surface area contributed by atoms with E-state index in [4.69, 9.17) is 16.7 Å². The first kappa shape index (κ1) is 14.6. The molecule has 0 aliphatic heterocycles. The van der Waals surface area contributed by atoms with Crippen molar-refractivity contribution in [1.82, 2.24) is 5.32 Å². The van der Waals surface area contributed by atoms with Gasteiger partial charge in [-0.2, -0.15) is 0 Å². The summed E-state index contributed by atoms with van der Waals surface area (Å²) in [6.07, 6.45) is 0. The topological polar surface area (TPSA) is 49.3 Å². The summed E-state index contributed by atoms with van der Waals surface area (Å²) in [5, 5.41) is 12.1. The summed E-state index contributed by atoms with van der Waals surface area (Å²) < 4.78 is 0. The second-order valence-corrected chi connectivity index (χ2v) is 5.45. The lowest BCUT2D eigenvalue weighted by Gasteiger charge is -2.03. The zero-order chi connectivity index (χ0) is 14.4. The van der Waals surface area contributed by atoms with Gasteiger partial charge in [-0.1, -0.05) is 35.6 Å². The van der Waals surface area contributed by atoms with Gasteiger partial charge in [0.25, 0.3) is 5.91 Å². The predicted molar refractivity (Wildman–Crippen MR) is 80.9 cm³/mol. The molecule has 0 aliphatic carbocycles. The number of rotatable bonds is 3. The van der Waals surface area contributed by atoms with E-state index >= 15 is 0 Å². The number of nitrogens with one attached hydrogen (secondary N) is 1. The fraction of sp³-hybridized carbons (Fsp3) is 0.133.